The monoisotopic (exact) mass is 296 g/mol. The van der Waals surface area contributed by atoms with Gasteiger partial charge >= 0.3 is 0 Å². The first-order valence-corrected chi connectivity index (χ1v) is 7.41. The Kier molecular flexibility index (Phi) is 5.31. The van der Waals surface area contributed by atoms with Crippen LogP contribution in [0, 0.1) is 5.92 Å². The van der Waals surface area contributed by atoms with Crippen LogP contribution >= 0.6 is 23.4 Å². The molecule has 1 aromatic carbocycles. The maximum atomic E-state index is 6.28. The Balaban J connectivity index is 2.11. The van der Waals surface area contributed by atoms with E-state index >= 15 is 0 Å². The molecule has 0 bridgehead atoms. The highest BCUT2D eigenvalue weighted by Gasteiger charge is 2.10. The van der Waals surface area contributed by atoms with Crippen LogP contribution in [0.1, 0.15) is 19.4 Å². The molecule has 0 spiro atoms. The summed E-state index contributed by atoms with van der Waals surface area (Å²) in [6, 6.07) is 5.89. The molecule has 102 valence electrons. The van der Waals surface area contributed by atoms with E-state index in [1.165, 1.54) is 11.8 Å². The fourth-order valence-corrected chi connectivity index (χ4v) is 2.80. The predicted octanol–water partition coefficient (Wildman–Crippen LogP) is 4.22. The molecule has 0 saturated heterocycles. The fourth-order valence-electron chi connectivity index (χ4n) is 1.65. The second-order valence-corrected chi connectivity index (χ2v) is 6.04. The molecule has 0 aliphatic rings. The first kappa shape index (κ1) is 14.4. The molecule has 0 radical (unpaired) electrons. The highest BCUT2D eigenvalue weighted by molar-refractivity contribution is 7.99. The average Bonchev–Trinajstić information content (AvgIpc) is 2.85. The Morgan fingerprint density at radius 2 is 2.26 bits per heavy atom. The Labute approximate surface area is 122 Å². The fraction of sp³-hybridized carbons (Fsp3) is 0.357. The van der Waals surface area contributed by atoms with Gasteiger partial charge in [-0.25, -0.2) is 4.98 Å². The van der Waals surface area contributed by atoms with Gasteiger partial charge in [0, 0.05) is 16.5 Å². The summed E-state index contributed by atoms with van der Waals surface area (Å²) in [5.41, 5.74) is 1.09. The summed E-state index contributed by atoms with van der Waals surface area (Å²) < 4.78 is 5.26. The van der Waals surface area contributed by atoms with Crippen molar-refractivity contribution in [2.45, 2.75) is 30.5 Å². The molecule has 1 aromatic heterocycles. The second kappa shape index (κ2) is 6.98. The van der Waals surface area contributed by atoms with Crippen LogP contribution in [0.15, 0.2) is 45.2 Å². The standard InChI is InChI=1S/C14H17ClN2OS/c1-10(2)8-16-9-11-12(15)4-3-5-13(11)19-14-17-6-7-18-14/h3-7,10,16H,8-9H2,1-2H3. The minimum absolute atomic E-state index is 0.616. The van der Waals surface area contributed by atoms with Crippen LogP contribution in [-0.4, -0.2) is 11.5 Å². The summed E-state index contributed by atoms with van der Waals surface area (Å²) in [4.78, 5) is 5.20. The Bertz CT molecular complexity index is 514. The normalized spacial score (nSPS) is 11.2. The lowest BCUT2D eigenvalue weighted by molar-refractivity contribution is 0.454. The van der Waals surface area contributed by atoms with Crippen LogP contribution in [-0.2, 0) is 6.54 Å². The molecule has 0 amide bonds. The molecule has 1 N–H and O–H groups in total. The first-order chi connectivity index (χ1) is 9.16. The van der Waals surface area contributed by atoms with E-state index in [-0.39, 0.29) is 0 Å². The van der Waals surface area contributed by atoms with E-state index in [2.05, 4.69) is 24.1 Å². The topological polar surface area (TPSA) is 38.1 Å². The first-order valence-electron chi connectivity index (χ1n) is 6.22. The van der Waals surface area contributed by atoms with Gasteiger partial charge < -0.3 is 9.73 Å². The molecular weight excluding hydrogens is 280 g/mol. The van der Waals surface area contributed by atoms with Crippen molar-refractivity contribution in [2.24, 2.45) is 5.92 Å². The van der Waals surface area contributed by atoms with Gasteiger partial charge in [0.25, 0.3) is 5.22 Å². The molecule has 1 heterocycles. The van der Waals surface area contributed by atoms with Crippen LogP contribution in [0.25, 0.3) is 0 Å². The molecule has 5 heteroatoms. The third-order valence-electron chi connectivity index (χ3n) is 2.54. The molecule has 0 unspecified atom stereocenters. The molecule has 0 atom stereocenters. The number of hydrogen-bond acceptors (Lipinski definition) is 4. The number of benzene rings is 1. The molecule has 3 nitrogen and oxygen atoms in total. The summed E-state index contributed by atoms with van der Waals surface area (Å²) in [7, 11) is 0. The molecule has 0 aliphatic heterocycles. The van der Waals surface area contributed by atoms with Gasteiger partial charge in [-0.2, -0.15) is 0 Å². The van der Waals surface area contributed by atoms with Crippen molar-refractivity contribution in [3.63, 3.8) is 0 Å². The van der Waals surface area contributed by atoms with E-state index < -0.39 is 0 Å². The van der Waals surface area contributed by atoms with E-state index in [1.807, 2.05) is 18.2 Å². The number of oxazole rings is 1. The number of hydrogen-bond donors (Lipinski definition) is 1. The maximum absolute atomic E-state index is 6.28. The minimum atomic E-state index is 0.616. The van der Waals surface area contributed by atoms with E-state index in [1.54, 1.807) is 12.5 Å². The molecule has 19 heavy (non-hydrogen) atoms. The van der Waals surface area contributed by atoms with Crippen molar-refractivity contribution >= 4 is 23.4 Å². The van der Waals surface area contributed by atoms with E-state index in [0.717, 1.165) is 28.6 Å². The Hall–Kier alpha value is -0.970. The quantitative estimate of drug-likeness (QED) is 0.866. The van der Waals surface area contributed by atoms with Gasteiger partial charge in [-0.05, 0) is 41.9 Å². The van der Waals surface area contributed by atoms with Crippen molar-refractivity contribution in [3.8, 4) is 0 Å². The van der Waals surface area contributed by atoms with Crippen LogP contribution in [0.3, 0.4) is 0 Å². The Morgan fingerprint density at radius 3 is 2.95 bits per heavy atom. The van der Waals surface area contributed by atoms with Crippen LogP contribution in [0.4, 0.5) is 0 Å². The zero-order valence-electron chi connectivity index (χ0n) is 11.0. The SMILES string of the molecule is CC(C)CNCc1c(Cl)cccc1Sc1ncco1. The van der Waals surface area contributed by atoms with Crippen LogP contribution < -0.4 is 5.32 Å². The number of aromatic nitrogens is 1. The second-order valence-electron chi connectivity index (χ2n) is 4.64. The van der Waals surface area contributed by atoms with Gasteiger partial charge in [-0.3, -0.25) is 0 Å². The molecule has 0 saturated carbocycles. The highest BCUT2D eigenvalue weighted by Crippen LogP contribution is 2.32. The maximum Gasteiger partial charge on any atom is 0.260 e. The predicted molar refractivity (Wildman–Crippen MR) is 78.6 cm³/mol. The zero-order chi connectivity index (χ0) is 13.7. The molecule has 0 fully saturated rings. The molecular formula is C14H17ClN2OS. The molecule has 2 rings (SSSR count). The van der Waals surface area contributed by atoms with Gasteiger partial charge in [0.1, 0.15) is 6.26 Å². The van der Waals surface area contributed by atoms with Gasteiger partial charge in [0.2, 0.25) is 0 Å². The van der Waals surface area contributed by atoms with E-state index in [0.29, 0.717) is 11.1 Å². The summed E-state index contributed by atoms with van der Waals surface area (Å²) in [5.74, 6) is 0.616. The third kappa shape index (κ3) is 4.27. The molecule has 2 aromatic rings. The minimum Gasteiger partial charge on any atom is -0.440 e. The van der Waals surface area contributed by atoms with E-state index in [4.69, 9.17) is 16.0 Å². The summed E-state index contributed by atoms with van der Waals surface area (Å²) in [6.45, 7) is 6.08. The Morgan fingerprint density at radius 1 is 1.42 bits per heavy atom. The van der Waals surface area contributed by atoms with Crippen molar-refractivity contribution in [2.75, 3.05) is 6.54 Å². The summed E-state index contributed by atoms with van der Waals surface area (Å²) in [6.07, 6.45) is 3.22. The van der Waals surface area contributed by atoms with Crippen molar-refractivity contribution in [1.29, 1.82) is 0 Å². The third-order valence-corrected chi connectivity index (χ3v) is 3.87. The lowest BCUT2D eigenvalue weighted by atomic mass is 10.2. The molecule has 0 aliphatic carbocycles. The summed E-state index contributed by atoms with van der Waals surface area (Å²) >= 11 is 7.77. The van der Waals surface area contributed by atoms with Crippen LogP contribution in [0.2, 0.25) is 5.02 Å². The smallest absolute Gasteiger partial charge is 0.260 e. The lowest BCUT2D eigenvalue weighted by Crippen LogP contribution is -2.19. The average molecular weight is 297 g/mol. The van der Waals surface area contributed by atoms with Crippen molar-refractivity contribution in [3.05, 3.63) is 41.2 Å². The number of nitrogens with one attached hydrogen (secondary N) is 1. The number of rotatable bonds is 6. The largest absolute Gasteiger partial charge is 0.440 e. The van der Waals surface area contributed by atoms with E-state index in [9.17, 15) is 0 Å². The van der Waals surface area contributed by atoms with Crippen LogP contribution in [0.5, 0.6) is 0 Å². The van der Waals surface area contributed by atoms with Crippen molar-refractivity contribution < 1.29 is 4.42 Å². The summed E-state index contributed by atoms with van der Waals surface area (Å²) in [5, 5.41) is 4.82. The number of nitrogens with zero attached hydrogens (tertiary/aromatic N) is 1. The van der Waals surface area contributed by atoms with Gasteiger partial charge in [-0.15, -0.1) is 0 Å². The van der Waals surface area contributed by atoms with Gasteiger partial charge in [0.15, 0.2) is 0 Å². The lowest BCUT2D eigenvalue weighted by Gasteiger charge is -2.12. The van der Waals surface area contributed by atoms with Gasteiger partial charge in [-0.1, -0.05) is 31.5 Å². The highest BCUT2D eigenvalue weighted by atomic mass is 35.5. The number of halogens is 1. The van der Waals surface area contributed by atoms with Gasteiger partial charge in [0.05, 0.1) is 6.20 Å². The van der Waals surface area contributed by atoms with Crippen molar-refractivity contribution in [1.82, 2.24) is 10.3 Å². The zero-order valence-corrected chi connectivity index (χ0v) is 12.6.